The van der Waals surface area contributed by atoms with Crippen LogP contribution in [0.1, 0.15) is 57.5 Å². The van der Waals surface area contributed by atoms with Gasteiger partial charge in [-0.25, -0.2) is 9.78 Å². The fraction of sp³-hybridized carbons (Fsp3) is 0.733. The monoisotopic (exact) mass is 306 g/mol. The first-order chi connectivity index (χ1) is 10.4. The molecule has 2 aliphatic rings. The predicted molar refractivity (Wildman–Crippen MR) is 85.4 cm³/mol. The third-order valence-corrected chi connectivity index (χ3v) is 4.24. The molecule has 3 rings (SSSR count). The molecule has 1 aromatic rings. The number of hydrogen-bond donors (Lipinski definition) is 4. The van der Waals surface area contributed by atoms with Crippen LogP contribution in [0, 0.1) is 5.92 Å². The van der Waals surface area contributed by atoms with Crippen molar-refractivity contribution >= 4 is 11.8 Å². The van der Waals surface area contributed by atoms with Crippen molar-refractivity contribution in [3.63, 3.8) is 0 Å². The second kappa shape index (κ2) is 5.55. The number of hydrogen-bond acceptors (Lipinski definition) is 4. The van der Waals surface area contributed by atoms with Gasteiger partial charge in [-0.1, -0.05) is 20.8 Å². The number of imidazole rings is 1. The van der Waals surface area contributed by atoms with E-state index in [1.54, 1.807) is 4.90 Å². The summed E-state index contributed by atoms with van der Waals surface area (Å²) in [6, 6.07) is -0.174. The highest BCUT2D eigenvalue weighted by Crippen LogP contribution is 2.36. The van der Waals surface area contributed by atoms with Gasteiger partial charge in [0.2, 0.25) is 0 Å². The van der Waals surface area contributed by atoms with Crippen molar-refractivity contribution in [3.8, 4) is 0 Å². The number of nitrogens with two attached hydrogens (primary N) is 1. The lowest BCUT2D eigenvalue weighted by atomic mass is 10.1. The Hall–Kier alpha value is -1.60. The molecular formula is C15H26N6O. The van der Waals surface area contributed by atoms with Crippen LogP contribution in [0.2, 0.25) is 0 Å². The maximum Gasteiger partial charge on any atom is 0.325 e. The lowest BCUT2D eigenvalue weighted by Gasteiger charge is -2.39. The third-order valence-electron chi connectivity index (χ3n) is 4.24. The number of carbonyl (C=O) groups is 1. The van der Waals surface area contributed by atoms with E-state index in [1.807, 2.05) is 0 Å². The Labute approximate surface area is 131 Å². The Bertz CT molecular complexity index is 564. The van der Waals surface area contributed by atoms with E-state index in [4.69, 9.17) is 5.73 Å². The van der Waals surface area contributed by atoms with Crippen LogP contribution in [0.15, 0.2) is 0 Å². The first-order valence-electron chi connectivity index (χ1n) is 8.18. The molecule has 2 amide bonds. The zero-order valence-corrected chi connectivity index (χ0v) is 13.6. The maximum atomic E-state index is 12.5. The van der Waals surface area contributed by atoms with Gasteiger partial charge in [-0.2, -0.15) is 0 Å². The summed E-state index contributed by atoms with van der Waals surface area (Å²) in [6.07, 6.45) is 3.30. The van der Waals surface area contributed by atoms with Crippen molar-refractivity contribution in [2.45, 2.75) is 51.7 Å². The molecule has 7 nitrogen and oxygen atoms in total. The van der Waals surface area contributed by atoms with Gasteiger partial charge in [-0.3, -0.25) is 16.0 Å². The summed E-state index contributed by atoms with van der Waals surface area (Å²) in [4.78, 5) is 22.2. The molecule has 0 spiro atoms. The summed E-state index contributed by atoms with van der Waals surface area (Å²) in [5, 5.41) is 6.13. The Morgan fingerprint density at radius 3 is 2.82 bits per heavy atom. The van der Waals surface area contributed by atoms with Crippen LogP contribution in [0.5, 0.6) is 0 Å². The minimum Gasteiger partial charge on any atom is -0.340 e. The lowest BCUT2D eigenvalue weighted by molar-refractivity contribution is 0.210. The molecule has 2 heterocycles. The van der Waals surface area contributed by atoms with E-state index in [9.17, 15) is 4.79 Å². The molecule has 1 aliphatic carbocycles. The summed E-state index contributed by atoms with van der Waals surface area (Å²) in [7, 11) is 0. The lowest BCUT2D eigenvalue weighted by Crippen LogP contribution is -2.68. The molecule has 22 heavy (non-hydrogen) atoms. The maximum absolute atomic E-state index is 12.5. The molecule has 1 aliphatic heterocycles. The molecule has 7 heteroatoms. The van der Waals surface area contributed by atoms with Gasteiger partial charge in [-0.05, 0) is 31.7 Å². The number of nitrogens with zero attached hydrogens (tertiary/aromatic N) is 2. The van der Waals surface area contributed by atoms with Crippen LogP contribution in [0.25, 0.3) is 0 Å². The highest BCUT2D eigenvalue weighted by Gasteiger charge is 2.44. The van der Waals surface area contributed by atoms with E-state index in [0.29, 0.717) is 18.3 Å². The number of aromatic amines is 1. The number of aromatic nitrogens is 2. The molecule has 0 saturated heterocycles. The minimum absolute atomic E-state index is 0.174. The second-order valence-corrected chi connectivity index (χ2v) is 6.69. The van der Waals surface area contributed by atoms with E-state index in [-0.39, 0.29) is 11.9 Å². The first-order valence-corrected chi connectivity index (χ1v) is 8.18. The zero-order chi connectivity index (χ0) is 15.9. The molecule has 5 N–H and O–H groups in total. The summed E-state index contributed by atoms with van der Waals surface area (Å²) < 4.78 is 0. The molecule has 1 aromatic heterocycles. The summed E-state index contributed by atoms with van der Waals surface area (Å²) in [5.74, 6) is 1.29. The van der Waals surface area contributed by atoms with Gasteiger partial charge in [0.1, 0.15) is 11.5 Å². The van der Waals surface area contributed by atoms with Crippen molar-refractivity contribution in [1.82, 2.24) is 20.6 Å². The second-order valence-electron chi connectivity index (χ2n) is 6.69. The van der Waals surface area contributed by atoms with Crippen LogP contribution in [-0.2, 0) is 5.79 Å². The molecule has 0 bridgehead atoms. The summed E-state index contributed by atoms with van der Waals surface area (Å²) in [5.41, 5.74) is 7.18. The summed E-state index contributed by atoms with van der Waals surface area (Å²) in [6.45, 7) is 7.64. The van der Waals surface area contributed by atoms with Crippen molar-refractivity contribution in [1.29, 1.82) is 0 Å². The number of carbonyl (C=O) groups excluding carboxylic acids is 1. The van der Waals surface area contributed by atoms with Crippen molar-refractivity contribution in [3.05, 3.63) is 11.5 Å². The SMILES string of the molecule is CCCNC1(N)NC(=O)N(CC2CC2)c2nc(C(C)C)[nH]c21. The molecule has 1 unspecified atom stereocenters. The van der Waals surface area contributed by atoms with Gasteiger partial charge >= 0.3 is 6.03 Å². The number of amides is 2. The quantitative estimate of drug-likeness (QED) is 0.599. The van der Waals surface area contributed by atoms with Gasteiger partial charge < -0.3 is 10.3 Å². The van der Waals surface area contributed by atoms with Crippen molar-refractivity contribution in [2.75, 3.05) is 18.0 Å². The van der Waals surface area contributed by atoms with E-state index in [1.165, 1.54) is 12.8 Å². The molecule has 0 aromatic carbocycles. The zero-order valence-electron chi connectivity index (χ0n) is 13.6. The van der Waals surface area contributed by atoms with E-state index >= 15 is 0 Å². The van der Waals surface area contributed by atoms with Crippen LogP contribution in [0.3, 0.4) is 0 Å². The molecule has 1 fully saturated rings. The van der Waals surface area contributed by atoms with Gasteiger partial charge in [0.05, 0.1) is 0 Å². The standard InChI is InChI=1S/C15H26N6O/c1-4-7-17-15(16)11-13(19-12(18-11)9(2)3)21(14(22)20-15)8-10-5-6-10/h9-10,17H,4-8,16H2,1-3H3,(H,18,19)(H,20,22). The molecule has 1 atom stereocenters. The third kappa shape index (κ3) is 2.70. The Morgan fingerprint density at radius 1 is 1.50 bits per heavy atom. The van der Waals surface area contributed by atoms with Crippen LogP contribution >= 0.6 is 0 Å². The summed E-state index contributed by atoms with van der Waals surface area (Å²) >= 11 is 0. The molecular weight excluding hydrogens is 280 g/mol. The van der Waals surface area contributed by atoms with Crippen LogP contribution < -0.4 is 21.3 Å². The number of nitrogens with one attached hydrogen (secondary N) is 3. The van der Waals surface area contributed by atoms with E-state index in [0.717, 1.165) is 24.5 Å². The number of fused-ring (bicyclic) bond motifs is 1. The molecule has 1 saturated carbocycles. The highest BCUT2D eigenvalue weighted by atomic mass is 16.2. The van der Waals surface area contributed by atoms with Gasteiger partial charge in [0.25, 0.3) is 0 Å². The molecule has 122 valence electrons. The topological polar surface area (TPSA) is 99.1 Å². The van der Waals surface area contributed by atoms with Gasteiger partial charge in [0, 0.05) is 12.5 Å². The molecule has 0 radical (unpaired) electrons. The number of rotatable bonds is 6. The first kappa shape index (κ1) is 15.3. The van der Waals surface area contributed by atoms with Gasteiger partial charge in [-0.15, -0.1) is 0 Å². The van der Waals surface area contributed by atoms with Gasteiger partial charge in [0.15, 0.2) is 11.6 Å². The average molecular weight is 306 g/mol. The Morgan fingerprint density at radius 2 is 2.23 bits per heavy atom. The van der Waals surface area contributed by atoms with E-state index in [2.05, 4.69) is 41.4 Å². The number of anilines is 1. The van der Waals surface area contributed by atoms with E-state index < -0.39 is 5.79 Å². The smallest absolute Gasteiger partial charge is 0.325 e. The predicted octanol–water partition coefficient (Wildman–Crippen LogP) is 1.54. The largest absolute Gasteiger partial charge is 0.340 e. The number of H-pyrrole nitrogens is 1. The average Bonchev–Trinajstić information content (AvgIpc) is 3.16. The minimum atomic E-state index is -1.08. The van der Waals surface area contributed by atoms with Crippen molar-refractivity contribution in [2.24, 2.45) is 11.7 Å². The van der Waals surface area contributed by atoms with Crippen LogP contribution in [-0.4, -0.2) is 29.1 Å². The Balaban J connectivity index is 1.98. The normalized spacial score (nSPS) is 24.6. The Kier molecular flexibility index (Phi) is 3.86. The fourth-order valence-electron chi connectivity index (χ4n) is 2.70. The highest BCUT2D eigenvalue weighted by molar-refractivity contribution is 5.94. The van der Waals surface area contributed by atoms with Crippen molar-refractivity contribution < 1.29 is 4.79 Å². The fourth-order valence-corrected chi connectivity index (χ4v) is 2.70. The number of urea groups is 1. The van der Waals surface area contributed by atoms with Crippen LogP contribution in [0.4, 0.5) is 10.6 Å².